The van der Waals surface area contributed by atoms with E-state index >= 15 is 0 Å². The Hall–Kier alpha value is -0.910. The zero-order chi connectivity index (χ0) is 13.8. The lowest BCUT2D eigenvalue weighted by Crippen LogP contribution is -2.05. The van der Waals surface area contributed by atoms with Crippen LogP contribution in [0.1, 0.15) is 11.7 Å². The van der Waals surface area contributed by atoms with Crippen molar-refractivity contribution in [2.24, 2.45) is 0 Å². The maximum atomic E-state index is 13.5. The molecule has 2 rings (SSSR count). The van der Waals surface area contributed by atoms with Gasteiger partial charge in [0.25, 0.3) is 0 Å². The molecule has 2 aromatic rings. The van der Waals surface area contributed by atoms with Crippen LogP contribution in [0.3, 0.4) is 0 Å². The van der Waals surface area contributed by atoms with Crippen molar-refractivity contribution in [2.75, 3.05) is 5.75 Å². The molecule has 0 heterocycles. The summed E-state index contributed by atoms with van der Waals surface area (Å²) in [5.41, 5.74) is -0.0143. The van der Waals surface area contributed by atoms with Gasteiger partial charge in [-0.05, 0) is 34.1 Å². The third-order valence-corrected chi connectivity index (χ3v) is 4.68. The standard InChI is InChI=1S/C14H11BrF2OS/c15-10-5-1-2-7-13(10)19-8-12(18)9-4-3-6-11(16)14(9)17/h1-7,12,18H,8H2. The van der Waals surface area contributed by atoms with Gasteiger partial charge in [-0.15, -0.1) is 11.8 Å². The van der Waals surface area contributed by atoms with Crippen molar-refractivity contribution < 1.29 is 13.9 Å². The molecule has 1 atom stereocenters. The van der Waals surface area contributed by atoms with E-state index < -0.39 is 17.7 Å². The number of benzene rings is 2. The predicted octanol–water partition coefficient (Wildman–Crippen LogP) is 4.55. The van der Waals surface area contributed by atoms with Gasteiger partial charge in [-0.2, -0.15) is 0 Å². The van der Waals surface area contributed by atoms with Gasteiger partial charge in [-0.1, -0.05) is 24.3 Å². The number of thioether (sulfide) groups is 1. The van der Waals surface area contributed by atoms with Gasteiger partial charge in [0.1, 0.15) is 0 Å². The Morgan fingerprint density at radius 3 is 2.58 bits per heavy atom. The van der Waals surface area contributed by atoms with Crippen LogP contribution in [0.2, 0.25) is 0 Å². The van der Waals surface area contributed by atoms with E-state index in [1.807, 2.05) is 24.3 Å². The van der Waals surface area contributed by atoms with E-state index in [1.165, 1.54) is 23.9 Å². The molecule has 0 amide bonds. The summed E-state index contributed by atoms with van der Waals surface area (Å²) in [6.45, 7) is 0. The van der Waals surface area contributed by atoms with Crippen molar-refractivity contribution in [2.45, 2.75) is 11.0 Å². The molecule has 0 fully saturated rings. The molecule has 0 radical (unpaired) electrons. The summed E-state index contributed by atoms with van der Waals surface area (Å²) < 4.78 is 27.5. The number of halogens is 3. The molecule has 0 aromatic heterocycles. The van der Waals surface area contributed by atoms with Crippen molar-refractivity contribution >= 4 is 27.7 Å². The van der Waals surface area contributed by atoms with Crippen molar-refractivity contribution in [3.63, 3.8) is 0 Å². The molecule has 100 valence electrons. The minimum Gasteiger partial charge on any atom is -0.387 e. The second-order valence-electron chi connectivity index (χ2n) is 3.90. The molecule has 19 heavy (non-hydrogen) atoms. The van der Waals surface area contributed by atoms with Crippen LogP contribution in [0.15, 0.2) is 51.8 Å². The first-order chi connectivity index (χ1) is 9.09. The molecule has 2 aromatic carbocycles. The minimum absolute atomic E-state index is 0.0143. The molecule has 0 saturated heterocycles. The number of aliphatic hydroxyl groups excluding tert-OH is 1. The molecule has 1 N–H and O–H groups in total. The van der Waals surface area contributed by atoms with Gasteiger partial charge in [0.05, 0.1) is 6.10 Å². The van der Waals surface area contributed by atoms with E-state index in [4.69, 9.17) is 0 Å². The van der Waals surface area contributed by atoms with E-state index in [2.05, 4.69) is 15.9 Å². The van der Waals surface area contributed by atoms with Crippen LogP contribution < -0.4 is 0 Å². The summed E-state index contributed by atoms with van der Waals surface area (Å²) >= 11 is 4.77. The number of rotatable bonds is 4. The van der Waals surface area contributed by atoms with Crippen LogP contribution in [0.25, 0.3) is 0 Å². The largest absolute Gasteiger partial charge is 0.387 e. The Kier molecular flexibility index (Phi) is 4.96. The fourth-order valence-electron chi connectivity index (χ4n) is 1.60. The van der Waals surface area contributed by atoms with Crippen molar-refractivity contribution in [1.82, 2.24) is 0 Å². The molecular formula is C14H11BrF2OS. The highest BCUT2D eigenvalue weighted by atomic mass is 79.9. The van der Waals surface area contributed by atoms with Crippen molar-refractivity contribution in [3.05, 3.63) is 64.1 Å². The number of hydrogen-bond acceptors (Lipinski definition) is 2. The molecule has 0 spiro atoms. The maximum Gasteiger partial charge on any atom is 0.164 e. The van der Waals surface area contributed by atoms with E-state index in [0.29, 0.717) is 0 Å². The highest BCUT2D eigenvalue weighted by Crippen LogP contribution is 2.31. The zero-order valence-corrected chi connectivity index (χ0v) is 12.2. The summed E-state index contributed by atoms with van der Waals surface area (Å²) in [5, 5.41) is 9.94. The molecule has 0 bridgehead atoms. The van der Waals surface area contributed by atoms with E-state index in [-0.39, 0.29) is 11.3 Å². The Morgan fingerprint density at radius 1 is 1.11 bits per heavy atom. The highest BCUT2D eigenvalue weighted by molar-refractivity contribution is 9.10. The van der Waals surface area contributed by atoms with Gasteiger partial charge < -0.3 is 5.11 Å². The van der Waals surface area contributed by atoms with Gasteiger partial charge in [-0.3, -0.25) is 0 Å². The molecule has 0 saturated carbocycles. The third-order valence-electron chi connectivity index (χ3n) is 2.57. The second kappa shape index (κ2) is 6.50. The van der Waals surface area contributed by atoms with Gasteiger partial charge >= 0.3 is 0 Å². The second-order valence-corrected chi connectivity index (χ2v) is 5.82. The maximum absolute atomic E-state index is 13.5. The fraction of sp³-hybridized carbons (Fsp3) is 0.143. The van der Waals surface area contributed by atoms with Crippen LogP contribution in [0.4, 0.5) is 8.78 Å². The molecule has 0 aliphatic carbocycles. The van der Waals surface area contributed by atoms with Crippen molar-refractivity contribution in [3.8, 4) is 0 Å². The molecule has 0 aliphatic rings. The lowest BCUT2D eigenvalue weighted by Gasteiger charge is -2.12. The number of hydrogen-bond donors (Lipinski definition) is 1. The fourth-order valence-corrected chi connectivity index (χ4v) is 3.12. The Morgan fingerprint density at radius 2 is 1.84 bits per heavy atom. The van der Waals surface area contributed by atoms with Crippen LogP contribution in [0.5, 0.6) is 0 Å². The van der Waals surface area contributed by atoms with E-state index in [9.17, 15) is 13.9 Å². The van der Waals surface area contributed by atoms with Crippen LogP contribution in [-0.4, -0.2) is 10.9 Å². The Labute approximate surface area is 122 Å². The quantitative estimate of drug-likeness (QED) is 0.821. The lowest BCUT2D eigenvalue weighted by atomic mass is 10.1. The SMILES string of the molecule is OC(CSc1ccccc1Br)c1cccc(F)c1F. The van der Waals surface area contributed by atoms with Gasteiger partial charge in [0.2, 0.25) is 0 Å². The van der Waals surface area contributed by atoms with Crippen LogP contribution in [0, 0.1) is 11.6 Å². The lowest BCUT2D eigenvalue weighted by molar-refractivity contribution is 0.197. The molecule has 5 heteroatoms. The minimum atomic E-state index is -1.05. The summed E-state index contributed by atoms with van der Waals surface area (Å²) in [5.74, 6) is -1.67. The monoisotopic (exact) mass is 344 g/mol. The Balaban J connectivity index is 2.08. The van der Waals surface area contributed by atoms with Crippen molar-refractivity contribution in [1.29, 1.82) is 0 Å². The van der Waals surface area contributed by atoms with Gasteiger partial charge in [-0.25, -0.2) is 8.78 Å². The van der Waals surface area contributed by atoms with E-state index in [0.717, 1.165) is 15.4 Å². The predicted molar refractivity (Wildman–Crippen MR) is 76.2 cm³/mol. The summed E-state index contributed by atoms with van der Waals surface area (Å²) in [6, 6.07) is 11.4. The normalized spacial score (nSPS) is 12.4. The highest BCUT2D eigenvalue weighted by Gasteiger charge is 2.16. The molecule has 1 unspecified atom stereocenters. The Bertz CT molecular complexity index is 577. The number of aliphatic hydroxyl groups is 1. The molecule has 1 nitrogen and oxygen atoms in total. The molecular weight excluding hydrogens is 334 g/mol. The zero-order valence-electron chi connectivity index (χ0n) is 9.82. The van der Waals surface area contributed by atoms with Crippen LogP contribution in [-0.2, 0) is 0 Å². The first kappa shape index (κ1) is 14.5. The third kappa shape index (κ3) is 3.55. The first-order valence-electron chi connectivity index (χ1n) is 5.59. The average Bonchev–Trinajstić information content (AvgIpc) is 2.40. The summed E-state index contributed by atoms with van der Waals surface area (Å²) in [4.78, 5) is 0.943. The van der Waals surface area contributed by atoms with Gasteiger partial charge in [0.15, 0.2) is 11.6 Å². The topological polar surface area (TPSA) is 20.2 Å². The van der Waals surface area contributed by atoms with E-state index in [1.54, 1.807) is 0 Å². The molecule has 0 aliphatic heterocycles. The summed E-state index contributed by atoms with van der Waals surface area (Å²) in [6.07, 6.45) is -1.05. The van der Waals surface area contributed by atoms with Crippen LogP contribution >= 0.6 is 27.7 Å². The average molecular weight is 345 g/mol. The first-order valence-corrected chi connectivity index (χ1v) is 7.36. The summed E-state index contributed by atoms with van der Waals surface area (Å²) in [7, 11) is 0. The smallest absolute Gasteiger partial charge is 0.164 e. The van der Waals surface area contributed by atoms with Gasteiger partial charge in [0, 0.05) is 20.7 Å².